The third-order valence-electron chi connectivity index (χ3n) is 10.3. The molecule has 2 aromatic heterocycles. The van der Waals surface area contributed by atoms with Crippen LogP contribution < -0.4 is 5.19 Å². The highest BCUT2D eigenvalue weighted by atomic mass is 28.3. The first-order valence-electron chi connectivity index (χ1n) is 17.3. The molecule has 0 fully saturated rings. The minimum absolute atomic E-state index is 0.0635. The lowest BCUT2D eigenvalue weighted by Crippen LogP contribution is -2.38. The molecule has 8 aromatic rings. The first-order chi connectivity index (χ1) is 24.1. The van der Waals surface area contributed by atoms with Gasteiger partial charge < -0.3 is 4.42 Å². The van der Waals surface area contributed by atoms with Gasteiger partial charge in [0.05, 0.1) is 8.07 Å². The van der Waals surface area contributed by atoms with E-state index in [-0.39, 0.29) is 5.41 Å². The van der Waals surface area contributed by atoms with Crippen LogP contribution in [0.2, 0.25) is 19.6 Å². The lowest BCUT2D eigenvalue weighted by molar-refractivity contribution is 0.661. The molecule has 2 heterocycles. The Kier molecular flexibility index (Phi) is 6.81. The van der Waals surface area contributed by atoms with Gasteiger partial charge in [0.25, 0.3) is 0 Å². The van der Waals surface area contributed by atoms with Crippen molar-refractivity contribution in [3.05, 3.63) is 145 Å². The number of rotatable bonds is 5. The minimum Gasteiger partial charge on any atom is -0.456 e. The Bertz CT molecular complexity index is 2540. The predicted molar refractivity (Wildman–Crippen MR) is 209 cm³/mol. The van der Waals surface area contributed by atoms with E-state index in [1.54, 1.807) is 0 Å². The molecule has 0 saturated carbocycles. The molecule has 1 aliphatic rings. The molecule has 6 aromatic carbocycles. The van der Waals surface area contributed by atoms with Crippen LogP contribution in [0.4, 0.5) is 0 Å². The average Bonchev–Trinajstić information content (AvgIpc) is 3.62. The normalized spacial score (nSPS) is 13.5. The maximum atomic E-state index is 6.57. The number of nitrogens with zero attached hydrogens (tertiary/aromatic N) is 3. The van der Waals surface area contributed by atoms with E-state index in [0.717, 1.165) is 44.2 Å². The van der Waals surface area contributed by atoms with Crippen LogP contribution in [0.25, 0.3) is 78.4 Å². The van der Waals surface area contributed by atoms with Crippen LogP contribution >= 0.6 is 0 Å². The first kappa shape index (κ1) is 30.4. The molecule has 0 spiro atoms. The van der Waals surface area contributed by atoms with E-state index in [9.17, 15) is 0 Å². The highest BCUT2D eigenvalue weighted by Crippen LogP contribution is 2.49. The van der Waals surface area contributed by atoms with Gasteiger partial charge in [-0.15, -0.1) is 0 Å². The Labute approximate surface area is 293 Å². The fourth-order valence-corrected chi connectivity index (χ4v) is 8.58. The molecule has 242 valence electrons. The van der Waals surface area contributed by atoms with Gasteiger partial charge in [0.2, 0.25) is 0 Å². The van der Waals surface area contributed by atoms with Crippen LogP contribution in [-0.2, 0) is 5.41 Å². The molecule has 0 aliphatic heterocycles. The monoisotopic (exact) mass is 663 g/mol. The molecule has 9 rings (SSSR count). The number of hydrogen-bond donors (Lipinski definition) is 0. The Balaban J connectivity index is 1.10. The molecule has 5 heteroatoms. The van der Waals surface area contributed by atoms with Crippen molar-refractivity contribution < 1.29 is 4.42 Å². The molecule has 50 heavy (non-hydrogen) atoms. The maximum Gasteiger partial charge on any atom is 0.164 e. The van der Waals surface area contributed by atoms with E-state index in [4.69, 9.17) is 19.4 Å². The Morgan fingerprint density at radius 2 is 0.920 bits per heavy atom. The molecule has 0 amide bonds. The van der Waals surface area contributed by atoms with Gasteiger partial charge in [-0.1, -0.05) is 142 Å². The summed E-state index contributed by atoms with van der Waals surface area (Å²) in [5, 5.41) is 3.67. The molecule has 0 N–H and O–H groups in total. The molecule has 1 aliphatic carbocycles. The van der Waals surface area contributed by atoms with E-state index in [0.29, 0.717) is 17.5 Å². The first-order valence-corrected chi connectivity index (χ1v) is 20.8. The van der Waals surface area contributed by atoms with Gasteiger partial charge in [0.1, 0.15) is 11.2 Å². The van der Waals surface area contributed by atoms with E-state index in [1.807, 2.05) is 60.7 Å². The number of benzene rings is 6. The average molecular weight is 664 g/mol. The molecule has 4 nitrogen and oxygen atoms in total. The number of aromatic nitrogens is 3. The van der Waals surface area contributed by atoms with E-state index >= 15 is 0 Å². The standard InChI is InChI=1S/C45H37N3OSi/c1-45(2)38-24-30(16-20-34(38)35-23-19-33(27-39(35)45)50(3,4)5)31-17-21-36-37-22-18-32(26-41(37)49-40(36)25-31)44-47-42(28-12-8-6-9-13-28)46-43(48-44)29-14-10-7-11-15-29/h6-27H,1-5H3. The predicted octanol–water partition coefficient (Wildman–Crippen LogP) is 11.3. The van der Waals surface area contributed by atoms with Gasteiger partial charge in [-0.25, -0.2) is 15.0 Å². The smallest absolute Gasteiger partial charge is 0.164 e. The Morgan fingerprint density at radius 1 is 0.460 bits per heavy atom. The summed E-state index contributed by atoms with van der Waals surface area (Å²) in [6.07, 6.45) is 0. The van der Waals surface area contributed by atoms with Gasteiger partial charge in [-0.2, -0.15) is 0 Å². The summed E-state index contributed by atoms with van der Waals surface area (Å²) in [4.78, 5) is 14.7. The van der Waals surface area contributed by atoms with Crippen LogP contribution in [0.15, 0.2) is 138 Å². The summed E-state index contributed by atoms with van der Waals surface area (Å²) < 4.78 is 6.57. The fourth-order valence-electron chi connectivity index (χ4n) is 7.42. The summed E-state index contributed by atoms with van der Waals surface area (Å²) >= 11 is 0. The molecule has 0 radical (unpaired) electrons. The van der Waals surface area contributed by atoms with Crippen LogP contribution in [0.3, 0.4) is 0 Å². The van der Waals surface area contributed by atoms with E-state index < -0.39 is 8.07 Å². The quantitative estimate of drug-likeness (QED) is 0.172. The SMILES string of the molecule is CC1(C)c2cc(-c3ccc4c(c3)oc3cc(-c5nc(-c6ccccc6)nc(-c6ccccc6)n5)ccc34)ccc2-c2ccc([Si](C)(C)C)cc21. The van der Waals surface area contributed by atoms with E-state index in [1.165, 1.54) is 33.0 Å². The Hall–Kier alpha value is -5.65. The zero-order chi connectivity index (χ0) is 34.2. The van der Waals surface area contributed by atoms with Crippen molar-refractivity contribution in [1.82, 2.24) is 15.0 Å². The third kappa shape index (κ3) is 5.00. The Morgan fingerprint density at radius 3 is 1.50 bits per heavy atom. The van der Waals surface area contributed by atoms with Crippen molar-refractivity contribution in [1.29, 1.82) is 0 Å². The van der Waals surface area contributed by atoms with Crippen LogP contribution in [0.5, 0.6) is 0 Å². The van der Waals surface area contributed by atoms with Crippen molar-refractivity contribution in [3.8, 4) is 56.4 Å². The molecule has 0 atom stereocenters. The molecular weight excluding hydrogens is 627 g/mol. The zero-order valence-corrected chi connectivity index (χ0v) is 30.0. The van der Waals surface area contributed by atoms with Crippen molar-refractivity contribution in [3.63, 3.8) is 0 Å². The van der Waals surface area contributed by atoms with Crippen molar-refractivity contribution in [2.75, 3.05) is 0 Å². The maximum absolute atomic E-state index is 6.57. The van der Waals surface area contributed by atoms with Gasteiger partial charge in [-0.05, 0) is 63.7 Å². The number of furan rings is 1. The summed E-state index contributed by atoms with van der Waals surface area (Å²) in [7, 11) is -1.42. The minimum atomic E-state index is -1.42. The van der Waals surface area contributed by atoms with Gasteiger partial charge >= 0.3 is 0 Å². The summed E-state index contributed by atoms with van der Waals surface area (Å²) in [6.45, 7) is 12.0. The van der Waals surface area contributed by atoms with Crippen molar-refractivity contribution >= 4 is 35.2 Å². The zero-order valence-electron chi connectivity index (χ0n) is 29.0. The molecule has 0 saturated heterocycles. The van der Waals surface area contributed by atoms with Crippen LogP contribution in [0, 0.1) is 0 Å². The second-order valence-corrected chi connectivity index (χ2v) is 20.0. The number of fused-ring (bicyclic) bond motifs is 6. The lowest BCUT2D eigenvalue weighted by atomic mass is 9.81. The number of hydrogen-bond acceptors (Lipinski definition) is 4. The molecule has 0 unspecified atom stereocenters. The fraction of sp³-hybridized carbons (Fsp3) is 0.133. The van der Waals surface area contributed by atoms with Crippen molar-refractivity contribution in [2.24, 2.45) is 0 Å². The highest BCUT2D eigenvalue weighted by molar-refractivity contribution is 6.88. The van der Waals surface area contributed by atoms with Crippen molar-refractivity contribution in [2.45, 2.75) is 38.9 Å². The van der Waals surface area contributed by atoms with Gasteiger partial charge in [0.15, 0.2) is 17.5 Å². The second-order valence-electron chi connectivity index (χ2n) is 15.0. The third-order valence-corrected chi connectivity index (χ3v) is 12.3. The van der Waals surface area contributed by atoms with Gasteiger partial charge in [-0.3, -0.25) is 0 Å². The second kappa shape index (κ2) is 11.2. The molecule has 0 bridgehead atoms. The van der Waals surface area contributed by atoms with E-state index in [2.05, 4.69) is 106 Å². The highest BCUT2D eigenvalue weighted by Gasteiger charge is 2.36. The lowest BCUT2D eigenvalue weighted by Gasteiger charge is -2.24. The summed E-state index contributed by atoms with van der Waals surface area (Å²) in [5.41, 5.74) is 12.3. The van der Waals surface area contributed by atoms with Crippen LogP contribution in [-0.4, -0.2) is 23.0 Å². The molecular formula is C45H37N3OSi. The van der Waals surface area contributed by atoms with Gasteiger partial charge in [0, 0.05) is 32.9 Å². The largest absolute Gasteiger partial charge is 0.456 e. The topological polar surface area (TPSA) is 51.8 Å². The summed E-state index contributed by atoms with van der Waals surface area (Å²) in [5.74, 6) is 1.89. The van der Waals surface area contributed by atoms with Crippen LogP contribution in [0.1, 0.15) is 25.0 Å². The summed E-state index contributed by atoms with van der Waals surface area (Å²) in [6, 6.07) is 47.1.